The third-order valence-corrected chi connectivity index (χ3v) is 4.85. The molecule has 0 aliphatic heterocycles. The number of nitrogens with zero attached hydrogens (tertiary/aromatic N) is 2. The van der Waals surface area contributed by atoms with Crippen LogP contribution in [0.4, 0.5) is 5.69 Å². The third kappa shape index (κ3) is 5.40. The molecule has 0 bridgehead atoms. The van der Waals surface area contributed by atoms with Crippen molar-refractivity contribution in [2.75, 3.05) is 37.4 Å². The molecule has 1 amide bonds. The Balaban J connectivity index is 2.14. The van der Waals surface area contributed by atoms with Gasteiger partial charge in [0.15, 0.2) is 0 Å². The summed E-state index contributed by atoms with van der Waals surface area (Å²) in [6.45, 7) is 1.13. The molecule has 0 unspecified atom stereocenters. The zero-order valence-electron chi connectivity index (χ0n) is 14.4. The van der Waals surface area contributed by atoms with Crippen LogP contribution < -0.4 is 9.62 Å². The molecule has 0 atom stereocenters. The second kappa shape index (κ2) is 8.77. The first-order valence-electron chi connectivity index (χ1n) is 8.00. The Morgan fingerprint density at radius 2 is 2.04 bits per heavy atom. The Morgan fingerprint density at radius 3 is 2.76 bits per heavy atom. The third-order valence-electron chi connectivity index (χ3n) is 3.67. The average molecular weight is 365 g/mol. The summed E-state index contributed by atoms with van der Waals surface area (Å²) in [5.74, 6) is -0.196. The molecule has 136 valence electrons. The number of anilines is 1. The normalized spacial score (nSPS) is 11.4. The lowest BCUT2D eigenvalue weighted by atomic mass is 10.2. The van der Waals surface area contributed by atoms with Gasteiger partial charge in [-0.2, -0.15) is 0 Å². The number of carbonyl (C=O) groups is 1. The fourth-order valence-corrected chi connectivity index (χ4v) is 3.42. The maximum Gasteiger partial charge on any atom is 0.232 e. The topological polar surface area (TPSA) is 88.6 Å². The van der Waals surface area contributed by atoms with Crippen molar-refractivity contribution in [3.05, 3.63) is 36.5 Å². The number of ether oxygens (including phenoxy) is 1. The lowest BCUT2D eigenvalue weighted by Crippen LogP contribution is -2.35. The Hall–Kier alpha value is -2.19. The molecule has 0 aliphatic carbocycles. The molecule has 25 heavy (non-hydrogen) atoms. The molecule has 7 nitrogen and oxygen atoms in total. The SMILES string of the molecule is COCCCNC(=O)CCN(c1cccc2cccnc12)S(C)(=O)=O. The lowest BCUT2D eigenvalue weighted by molar-refractivity contribution is -0.120. The molecule has 1 heterocycles. The summed E-state index contributed by atoms with van der Waals surface area (Å²) < 4.78 is 30.6. The van der Waals surface area contributed by atoms with Gasteiger partial charge < -0.3 is 10.1 Å². The van der Waals surface area contributed by atoms with Gasteiger partial charge in [0.2, 0.25) is 15.9 Å². The van der Waals surface area contributed by atoms with Gasteiger partial charge in [-0.3, -0.25) is 14.1 Å². The predicted molar refractivity (Wildman–Crippen MR) is 98.1 cm³/mol. The smallest absolute Gasteiger partial charge is 0.232 e. The van der Waals surface area contributed by atoms with E-state index in [0.29, 0.717) is 30.8 Å². The van der Waals surface area contributed by atoms with Crippen molar-refractivity contribution < 1.29 is 17.9 Å². The van der Waals surface area contributed by atoms with E-state index in [1.165, 1.54) is 4.31 Å². The first-order valence-corrected chi connectivity index (χ1v) is 9.85. The molecular formula is C17H23N3O4S. The maximum atomic E-state index is 12.2. The second-order valence-electron chi connectivity index (χ2n) is 5.63. The van der Waals surface area contributed by atoms with Crippen molar-refractivity contribution in [3.8, 4) is 0 Å². The van der Waals surface area contributed by atoms with Gasteiger partial charge in [-0.1, -0.05) is 18.2 Å². The molecule has 1 N–H and O–H groups in total. The van der Waals surface area contributed by atoms with E-state index in [0.717, 1.165) is 11.6 Å². The minimum atomic E-state index is -3.54. The van der Waals surface area contributed by atoms with Gasteiger partial charge in [0.05, 0.1) is 17.5 Å². The van der Waals surface area contributed by atoms with Crippen LogP contribution >= 0.6 is 0 Å². The molecule has 2 aromatic rings. The number of hydrogen-bond acceptors (Lipinski definition) is 5. The number of nitrogens with one attached hydrogen (secondary N) is 1. The van der Waals surface area contributed by atoms with Crippen LogP contribution in [-0.2, 0) is 19.6 Å². The molecule has 8 heteroatoms. The van der Waals surface area contributed by atoms with E-state index in [9.17, 15) is 13.2 Å². The van der Waals surface area contributed by atoms with Gasteiger partial charge >= 0.3 is 0 Å². The van der Waals surface area contributed by atoms with E-state index in [4.69, 9.17) is 4.74 Å². The summed E-state index contributed by atoms with van der Waals surface area (Å²) in [5, 5.41) is 3.60. The summed E-state index contributed by atoms with van der Waals surface area (Å²) in [7, 11) is -1.94. The first-order chi connectivity index (χ1) is 11.9. The molecule has 0 aliphatic rings. The van der Waals surface area contributed by atoms with Crippen LogP contribution in [0.5, 0.6) is 0 Å². The van der Waals surface area contributed by atoms with Crippen LogP contribution in [0.15, 0.2) is 36.5 Å². The number of amides is 1. The molecule has 0 radical (unpaired) electrons. The number of rotatable bonds is 9. The molecule has 0 saturated heterocycles. The molecule has 2 rings (SSSR count). The number of carbonyl (C=O) groups excluding carboxylic acids is 1. The quantitative estimate of drug-likeness (QED) is 0.681. The van der Waals surface area contributed by atoms with E-state index in [2.05, 4.69) is 10.3 Å². The molecule has 0 spiro atoms. The summed E-state index contributed by atoms with van der Waals surface area (Å²) in [5.41, 5.74) is 1.07. The van der Waals surface area contributed by atoms with Crippen molar-refractivity contribution in [2.45, 2.75) is 12.8 Å². The van der Waals surface area contributed by atoms with Crippen molar-refractivity contribution >= 4 is 32.5 Å². The lowest BCUT2D eigenvalue weighted by Gasteiger charge is -2.23. The molecule has 1 aromatic carbocycles. The fraction of sp³-hybridized carbons (Fsp3) is 0.412. The van der Waals surface area contributed by atoms with Crippen LogP contribution in [0, 0.1) is 0 Å². The number of pyridine rings is 1. The number of methoxy groups -OCH3 is 1. The van der Waals surface area contributed by atoms with E-state index in [-0.39, 0.29) is 18.9 Å². The van der Waals surface area contributed by atoms with Gasteiger partial charge in [-0.15, -0.1) is 0 Å². The predicted octanol–water partition coefficient (Wildman–Crippen LogP) is 1.54. The van der Waals surface area contributed by atoms with Gasteiger partial charge in [0.1, 0.15) is 0 Å². The van der Waals surface area contributed by atoms with Crippen molar-refractivity contribution in [1.29, 1.82) is 0 Å². The van der Waals surface area contributed by atoms with Gasteiger partial charge in [-0.25, -0.2) is 8.42 Å². The Bertz CT molecular complexity index is 818. The molecule has 0 fully saturated rings. The summed E-state index contributed by atoms with van der Waals surface area (Å²) >= 11 is 0. The monoisotopic (exact) mass is 365 g/mol. The highest BCUT2D eigenvalue weighted by Crippen LogP contribution is 2.26. The Morgan fingerprint density at radius 1 is 1.28 bits per heavy atom. The Kier molecular flexibility index (Phi) is 6.72. The van der Waals surface area contributed by atoms with Crippen LogP contribution in [-0.4, -0.2) is 52.4 Å². The number of fused-ring (bicyclic) bond motifs is 1. The maximum absolute atomic E-state index is 12.2. The highest BCUT2D eigenvalue weighted by atomic mass is 32.2. The number of hydrogen-bond donors (Lipinski definition) is 1. The number of para-hydroxylation sites is 1. The Labute approximate surface area is 148 Å². The summed E-state index contributed by atoms with van der Waals surface area (Å²) in [6.07, 6.45) is 3.54. The van der Waals surface area contributed by atoms with Gasteiger partial charge in [0, 0.05) is 44.8 Å². The van der Waals surface area contributed by atoms with Gasteiger partial charge in [-0.05, 0) is 18.6 Å². The molecule has 1 aromatic heterocycles. The standard InChI is InChI=1S/C17H23N3O4S/c1-24-13-5-11-18-16(21)9-12-20(25(2,22)23)15-8-3-6-14-7-4-10-19-17(14)15/h3-4,6-8,10H,5,9,11-13H2,1-2H3,(H,18,21). The van der Waals surface area contributed by atoms with Gasteiger partial charge in [0.25, 0.3) is 0 Å². The first kappa shape index (κ1) is 19.1. The van der Waals surface area contributed by atoms with Crippen molar-refractivity contribution in [3.63, 3.8) is 0 Å². The largest absolute Gasteiger partial charge is 0.385 e. The van der Waals surface area contributed by atoms with E-state index < -0.39 is 10.0 Å². The van der Waals surface area contributed by atoms with Crippen LogP contribution in [0.25, 0.3) is 10.9 Å². The number of benzene rings is 1. The van der Waals surface area contributed by atoms with Crippen LogP contribution in [0.3, 0.4) is 0 Å². The highest BCUT2D eigenvalue weighted by molar-refractivity contribution is 7.92. The van der Waals surface area contributed by atoms with Crippen LogP contribution in [0.1, 0.15) is 12.8 Å². The summed E-state index contributed by atoms with van der Waals surface area (Å²) in [4.78, 5) is 16.2. The molecular weight excluding hydrogens is 342 g/mol. The second-order valence-corrected chi connectivity index (χ2v) is 7.54. The van der Waals surface area contributed by atoms with E-state index in [1.807, 2.05) is 12.1 Å². The zero-order valence-corrected chi connectivity index (χ0v) is 15.3. The number of aromatic nitrogens is 1. The summed E-state index contributed by atoms with van der Waals surface area (Å²) in [6, 6.07) is 9.02. The van der Waals surface area contributed by atoms with Crippen molar-refractivity contribution in [2.24, 2.45) is 0 Å². The number of sulfonamides is 1. The molecule has 0 saturated carbocycles. The van der Waals surface area contributed by atoms with E-state index >= 15 is 0 Å². The van der Waals surface area contributed by atoms with Crippen molar-refractivity contribution in [1.82, 2.24) is 10.3 Å². The van der Waals surface area contributed by atoms with E-state index in [1.54, 1.807) is 31.5 Å². The minimum absolute atomic E-state index is 0.0602. The fourth-order valence-electron chi connectivity index (χ4n) is 2.49. The zero-order chi connectivity index (χ0) is 18.3. The highest BCUT2D eigenvalue weighted by Gasteiger charge is 2.21. The average Bonchev–Trinajstić information content (AvgIpc) is 2.58. The van der Waals surface area contributed by atoms with Crippen LogP contribution in [0.2, 0.25) is 0 Å². The minimum Gasteiger partial charge on any atom is -0.385 e.